The first-order valence-electron chi connectivity index (χ1n) is 5.55. The van der Waals surface area contributed by atoms with Crippen molar-refractivity contribution in [3.63, 3.8) is 0 Å². The highest BCUT2D eigenvalue weighted by molar-refractivity contribution is 5.80. The molecule has 0 spiro atoms. The standard InChI is InChI=1S/C14H13NO2/c1-9-5-7-17-14(9)13(16)11-2-3-12-10(8-11)4-6-15-12/h2-8,13,15-16H,1H3. The van der Waals surface area contributed by atoms with E-state index in [0.717, 1.165) is 22.0 Å². The third-order valence-corrected chi connectivity index (χ3v) is 3.04. The van der Waals surface area contributed by atoms with Gasteiger partial charge >= 0.3 is 0 Å². The van der Waals surface area contributed by atoms with Crippen LogP contribution in [0.4, 0.5) is 0 Å². The first-order valence-corrected chi connectivity index (χ1v) is 5.55. The second kappa shape index (κ2) is 3.79. The summed E-state index contributed by atoms with van der Waals surface area (Å²) in [6.07, 6.45) is 2.78. The fourth-order valence-corrected chi connectivity index (χ4v) is 2.06. The van der Waals surface area contributed by atoms with Crippen LogP contribution in [-0.4, -0.2) is 10.1 Å². The zero-order valence-electron chi connectivity index (χ0n) is 9.47. The van der Waals surface area contributed by atoms with Crippen molar-refractivity contribution >= 4 is 10.9 Å². The fraction of sp³-hybridized carbons (Fsp3) is 0.143. The zero-order valence-corrected chi connectivity index (χ0v) is 9.47. The number of aromatic amines is 1. The number of furan rings is 1. The van der Waals surface area contributed by atoms with E-state index in [4.69, 9.17) is 4.42 Å². The first kappa shape index (κ1) is 10.2. The quantitative estimate of drug-likeness (QED) is 0.706. The topological polar surface area (TPSA) is 49.2 Å². The fourth-order valence-electron chi connectivity index (χ4n) is 2.06. The van der Waals surface area contributed by atoms with Crippen molar-refractivity contribution in [3.8, 4) is 0 Å². The summed E-state index contributed by atoms with van der Waals surface area (Å²) in [4.78, 5) is 3.13. The van der Waals surface area contributed by atoms with Crippen molar-refractivity contribution in [1.82, 2.24) is 4.98 Å². The summed E-state index contributed by atoms with van der Waals surface area (Å²) in [7, 11) is 0. The first-order chi connectivity index (χ1) is 8.25. The third-order valence-electron chi connectivity index (χ3n) is 3.04. The van der Waals surface area contributed by atoms with Crippen molar-refractivity contribution in [2.45, 2.75) is 13.0 Å². The molecule has 0 aliphatic carbocycles. The van der Waals surface area contributed by atoms with Crippen LogP contribution in [0, 0.1) is 6.92 Å². The molecule has 1 aromatic carbocycles. The van der Waals surface area contributed by atoms with Gasteiger partial charge in [-0.05, 0) is 47.7 Å². The van der Waals surface area contributed by atoms with Crippen LogP contribution in [0.1, 0.15) is 23.0 Å². The smallest absolute Gasteiger partial charge is 0.139 e. The number of aliphatic hydroxyl groups excluding tert-OH is 1. The van der Waals surface area contributed by atoms with Gasteiger partial charge in [-0.1, -0.05) is 6.07 Å². The summed E-state index contributed by atoms with van der Waals surface area (Å²) in [5, 5.41) is 11.3. The Balaban J connectivity index is 2.06. The Morgan fingerprint density at radius 1 is 1.24 bits per heavy atom. The van der Waals surface area contributed by atoms with Gasteiger partial charge in [0.1, 0.15) is 11.9 Å². The molecular formula is C14H13NO2. The molecule has 2 N–H and O–H groups in total. The van der Waals surface area contributed by atoms with Gasteiger partial charge in [0, 0.05) is 11.7 Å². The summed E-state index contributed by atoms with van der Waals surface area (Å²) in [6.45, 7) is 1.93. The molecule has 0 saturated heterocycles. The highest BCUT2D eigenvalue weighted by Crippen LogP contribution is 2.27. The summed E-state index contributed by atoms with van der Waals surface area (Å²) >= 11 is 0. The van der Waals surface area contributed by atoms with Gasteiger partial charge in [0.15, 0.2) is 0 Å². The van der Waals surface area contributed by atoms with Crippen LogP contribution in [0.15, 0.2) is 47.2 Å². The maximum Gasteiger partial charge on any atom is 0.139 e. The Kier molecular flexibility index (Phi) is 2.27. The van der Waals surface area contributed by atoms with E-state index in [2.05, 4.69) is 4.98 Å². The predicted octanol–water partition coefficient (Wildman–Crippen LogP) is 3.15. The highest BCUT2D eigenvalue weighted by atomic mass is 16.4. The molecule has 86 valence electrons. The van der Waals surface area contributed by atoms with Gasteiger partial charge in [-0.3, -0.25) is 0 Å². The molecule has 0 bridgehead atoms. The van der Waals surface area contributed by atoms with Crippen LogP contribution in [-0.2, 0) is 0 Å². The molecule has 3 nitrogen and oxygen atoms in total. The van der Waals surface area contributed by atoms with Gasteiger partial charge in [-0.25, -0.2) is 0 Å². The lowest BCUT2D eigenvalue weighted by Crippen LogP contribution is -1.99. The molecule has 1 unspecified atom stereocenters. The number of nitrogens with one attached hydrogen (secondary N) is 1. The Bertz CT molecular complexity index is 651. The van der Waals surface area contributed by atoms with Crippen molar-refractivity contribution in [2.75, 3.05) is 0 Å². The maximum absolute atomic E-state index is 10.3. The summed E-state index contributed by atoms with van der Waals surface area (Å²) in [6, 6.07) is 9.68. The number of aromatic nitrogens is 1. The lowest BCUT2D eigenvalue weighted by atomic mass is 10.0. The predicted molar refractivity (Wildman–Crippen MR) is 65.8 cm³/mol. The van der Waals surface area contributed by atoms with Gasteiger partial charge in [0.25, 0.3) is 0 Å². The Morgan fingerprint density at radius 2 is 2.12 bits per heavy atom. The van der Waals surface area contributed by atoms with Crippen LogP contribution in [0.5, 0.6) is 0 Å². The molecule has 3 aromatic rings. The minimum Gasteiger partial charge on any atom is -0.466 e. The Morgan fingerprint density at radius 3 is 2.88 bits per heavy atom. The number of benzene rings is 1. The van der Waals surface area contributed by atoms with E-state index in [1.807, 2.05) is 43.5 Å². The largest absolute Gasteiger partial charge is 0.466 e. The number of hydrogen-bond donors (Lipinski definition) is 2. The molecule has 1 atom stereocenters. The molecule has 0 fully saturated rings. The average molecular weight is 227 g/mol. The molecular weight excluding hydrogens is 214 g/mol. The van der Waals surface area contributed by atoms with E-state index in [1.54, 1.807) is 6.26 Å². The number of hydrogen-bond acceptors (Lipinski definition) is 2. The van der Waals surface area contributed by atoms with Crippen LogP contribution in [0.25, 0.3) is 10.9 Å². The summed E-state index contributed by atoms with van der Waals surface area (Å²) < 4.78 is 5.32. The van der Waals surface area contributed by atoms with Gasteiger partial charge < -0.3 is 14.5 Å². The number of aryl methyl sites for hydroxylation is 1. The third kappa shape index (κ3) is 1.65. The number of fused-ring (bicyclic) bond motifs is 1. The number of H-pyrrole nitrogens is 1. The molecule has 2 heterocycles. The monoisotopic (exact) mass is 227 g/mol. The van der Waals surface area contributed by atoms with E-state index >= 15 is 0 Å². The molecule has 0 radical (unpaired) electrons. The van der Waals surface area contributed by atoms with Gasteiger partial charge in [-0.2, -0.15) is 0 Å². The van der Waals surface area contributed by atoms with E-state index in [9.17, 15) is 5.11 Å². The van der Waals surface area contributed by atoms with E-state index in [-0.39, 0.29) is 0 Å². The molecule has 3 rings (SSSR count). The minimum absolute atomic E-state index is 0.611. The molecule has 2 aromatic heterocycles. The summed E-state index contributed by atoms with van der Waals surface area (Å²) in [5.74, 6) is 0.611. The van der Waals surface area contributed by atoms with Crippen molar-refractivity contribution < 1.29 is 9.52 Å². The van der Waals surface area contributed by atoms with E-state index in [1.165, 1.54) is 0 Å². The molecule has 0 aliphatic rings. The number of rotatable bonds is 2. The van der Waals surface area contributed by atoms with E-state index < -0.39 is 6.10 Å². The van der Waals surface area contributed by atoms with Crippen LogP contribution in [0.2, 0.25) is 0 Å². The molecule has 0 amide bonds. The van der Waals surface area contributed by atoms with Crippen LogP contribution in [0.3, 0.4) is 0 Å². The second-order valence-electron chi connectivity index (χ2n) is 4.19. The molecule has 3 heteroatoms. The molecule has 0 saturated carbocycles. The minimum atomic E-state index is -0.704. The SMILES string of the molecule is Cc1ccoc1C(O)c1ccc2[nH]ccc2c1. The van der Waals surface area contributed by atoms with Crippen molar-refractivity contribution in [3.05, 3.63) is 59.7 Å². The van der Waals surface area contributed by atoms with Crippen molar-refractivity contribution in [1.29, 1.82) is 0 Å². The normalized spacial score (nSPS) is 13.1. The maximum atomic E-state index is 10.3. The lowest BCUT2D eigenvalue weighted by molar-refractivity contribution is 0.188. The Labute approximate surface area is 98.7 Å². The van der Waals surface area contributed by atoms with Crippen LogP contribution >= 0.6 is 0 Å². The summed E-state index contributed by atoms with van der Waals surface area (Å²) in [5.41, 5.74) is 2.87. The zero-order chi connectivity index (χ0) is 11.8. The van der Waals surface area contributed by atoms with Crippen molar-refractivity contribution in [2.24, 2.45) is 0 Å². The Hall–Kier alpha value is -2.00. The van der Waals surface area contributed by atoms with Gasteiger partial charge in [0.2, 0.25) is 0 Å². The van der Waals surface area contributed by atoms with Gasteiger partial charge in [0.05, 0.1) is 6.26 Å². The lowest BCUT2D eigenvalue weighted by Gasteiger charge is -2.09. The van der Waals surface area contributed by atoms with E-state index in [0.29, 0.717) is 5.76 Å². The highest BCUT2D eigenvalue weighted by Gasteiger charge is 2.16. The van der Waals surface area contributed by atoms with Crippen LogP contribution < -0.4 is 0 Å². The molecule has 17 heavy (non-hydrogen) atoms. The average Bonchev–Trinajstić information content (AvgIpc) is 2.95. The molecule has 0 aliphatic heterocycles. The van der Waals surface area contributed by atoms with Gasteiger partial charge in [-0.15, -0.1) is 0 Å². The number of aliphatic hydroxyl groups is 1. The second-order valence-corrected chi connectivity index (χ2v) is 4.19.